The summed E-state index contributed by atoms with van der Waals surface area (Å²) in [5.41, 5.74) is 1.39. The lowest BCUT2D eigenvalue weighted by Crippen LogP contribution is -2.51. The molecular formula is C23H30FN5O2. The highest BCUT2D eigenvalue weighted by molar-refractivity contribution is 5.94. The normalized spacial score (nSPS) is 16.6. The average Bonchev–Trinajstić information content (AvgIpc) is 2.77. The van der Waals surface area contributed by atoms with Gasteiger partial charge in [0.15, 0.2) is 5.96 Å². The molecule has 0 bridgehead atoms. The van der Waals surface area contributed by atoms with Gasteiger partial charge in [-0.1, -0.05) is 6.07 Å². The monoisotopic (exact) mass is 427 g/mol. The Kier molecular flexibility index (Phi) is 8.09. The van der Waals surface area contributed by atoms with Crippen molar-refractivity contribution in [2.75, 3.05) is 37.6 Å². The summed E-state index contributed by atoms with van der Waals surface area (Å²) < 4.78 is 13.6. The van der Waals surface area contributed by atoms with E-state index in [1.165, 1.54) is 18.2 Å². The van der Waals surface area contributed by atoms with Gasteiger partial charge in [-0.25, -0.2) is 4.39 Å². The molecule has 0 saturated carbocycles. The minimum atomic E-state index is -0.225. The number of hydrogen-bond donors (Lipinski definition) is 4. The van der Waals surface area contributed by atoms with Crippen molar-refractivity contribution in [3.05, 3.63) is 59.9 Å². The zero-order valence-electron chi connectivity index (χ0n) is 17.8. The molecule has 166 valence electrons. The number of aromatic hydroxyl groups is 1. The number of phenolic OH excluding ortho intramolecular Hbond substituents is 1. The summed E-state index contributed by atoms with van der Waals surface area (Å²) in [6, 6.07) is 13.0. The molecule has 8 heteroatoms. The second kappa shape index (κ2) is 11.2. The van der Waals surface area contributed by atoms with E-state index in [1.54, 1.807) is 24.3 Å². The maximum atomic E-state index is 13.6. The van der Waals surface area contributed by atoms with Crippen molar-refractivity contribution in [3.8, 4) is 5.75 Å². The van der Waals surface area contributed by atoms with Crippen molar-refractivity contribution >= 4 is 17.6 Å². The molecule has 1 heterocycles. The van der Waals surface area contributed by atoms with Gasteiger partial charge in [-0.15, -0.1) is 0 Å². The van der Waals surface area contributed by atoms with Crippen molar-refractivity contribution in [2.45, 2.75) is 25.8 Å². The van der Waals surface area contributed by atoms with Crippen LogP contribution in [-0.2, 0) is 0 Å². The predicted octanol–water partition coefficient (Wildman–Crippen LogP) is 2.49. The number of guanidine groups is 1. The third-order valence-electron chi connectivity index (χ3n) is 5.08. The fourth-order valence-electron chi connectivity index (χ4n) is 3.57. The number of nitrogens with zero attached hydrogens (tertiary/aromatic N) is 2. The van der Waals surface area contributed by atoms with Gasteiger partial charge in [0.1, 0.15) is 11.6 Å². The average molecular weight is 428 g/mol. The van der Waals surface area contributed by atoms with E-state index in [4.69, 9.17) is 0 Å². The second-order valence-electron chi connectivity index (χ2n) is 7.47. The van der Waals surface area contributed by atoms with E-state index in [0.717, 1.165) is 38.2 Å². The molecular weight excluding hydrogens is 397 g/mol. The van der Waals surface area contributed by atoms with E-state index >= 15 is 0 Å². The molecule has 31 heavy (non-hydrogen) atoms. The number of benzene rings is 2. The highest BCUT2D eigenvalue weighted by atomic mass is 19.1. The lowest BCUT2D eigenvalue weighted by molar-refractivity contribution is 0.0955. The van der Waals surface area contributed by atoms with Crippen LogP contribution in [0.25, 0.3) is 0 Å². The van der Waals surface area contributed by atoms with Crippen molar-refractivity contribution in [3.63, 3.8) is 0 Å². The molecule has 0 spiro atoms. The van der Waals surface area contributed by atoms with Gasteiger partial charge in [-0.2, -0.15) is 0 Å². The predicted molar refractivity (Wildman–Crippen MR) is 121 cm³/mol. The van der Waals surface area contributed by atoms with Crippen molar-refractivity contribution in [1.82, 2.24) is 16.0 Å². The number of hydrogen-bond acceptors (Lipinski definition) is 4. The molecule has 1 unspecified atom stereocenters. The van der Waals surface area contributed by atoms with Crippen LogP contribution in [0.2, 0.25) is 0 Å². The highest BCUT2D eigenvalue weighted by Gasteiger charge is 2.21. The Bertz CT molecular complexity index is 888. The topological polar surface area (TPSA) is 89.0 Å². The quantitative estimate of drug-likeness (QED) is 0.310. The summed E-state index contributed by atoms with van der Waals surface area (Å²) in [6.07, 6.45) is 2.02. The summed E-state index contributed by atoms with van der Waals surface area (Å²) in [6.45, 7) is 5.23. The first-order valence-corrected chi connectivity index (χ1v) is 10.7. The lowest BCUT2D eigenvalue weighted by atomic mass is 10.0. The largest absolute Gasteiger partial charge is 0.508 e. The van der Waals surface area contributed by atoms with Gasteiger partial charge in [-0.05, 0) is 62.2 Å². The van der Waals surface area contributed by atoms with Gasteiger partial charge in [-0.3, -0.25) is 9.79 Å². The Labute approximate surface area is 182 Å². The third kappa shape index (κ3) is 6.87. The van der Waals surface area contributed by atoms with E-state index in [-0.39, 0.29) is 23.5 Å². The first kappa shape index (κ1) is 22.4. The molecule has 1 saturated heterocycles. The number of amides is 1. The standard InChI is InChI=1S/C23H30FN5O2/c1-2-25-23(27-13-12-26-22(31)17-8-10-21(30)11-9-17)28-19-6-4-14-29(16-19)20-7-3-5-18(24)15-20/h3,5,7-11,15,19,30H,2,4,6,12-14,16H2,1H3,(H,26,31)(H2,25,27,28). The Morgan fingerprint density at radius 3 is 2.77 bits per heavy atom. The van der Waals surface area contributed by atoms with Crippen molar-refractivity contribution in [2.24, 2.45) is 4.99 Å². The molecule has 2 aromatic rings. The van der Waals surface area contributed by atoms with E-state index in [2.05, 4.69) is 25.8 Å². The van der Waals surface area contributed by atoms with Crippen LogP contribution in [0.1, 0.15) is 30.1 Å². The number of halogens is 1. The van der Waals surface area contributed by atoms with E-state index < -0.39 is 0 Å². The zero-order chi connectivity index (χ0) is 22.1. The number of carbonyl (C=O) groups is 1. The fraction of sp³-hybridized carbons (Fsp3) is 0.391. The Balaban J connectivity index is 1.50. The molecule has 1 atom stereocenters. The summed E-state index contributed by atoms with van der Waals surface area (Å²) in [7, 11) is 0. The minimum absolute atomic E-state index is 0.126. The van der Waals surface area contributed by atoms with E-state index in [9.17, 15) is 14.3 Å². The molecule has 0 aliphatic carbocycles. The summed E-state index contributed by atoms with van der Waals surface area (Å²) >= 11 is 0. The highest BCUT2D eigenvalue weighted by Crippen LogP contribution is 2.20. The van der Waals surface area contributed by atoms with Crippen molar-refractivity contribution in [1.29, 1.82) is 0 Å². The van der Waals surface area contributed by atoms with Crippen LogP contribution in [0, 0.1) is 5.82 Å². The smallest absolute Gasteiger partial charge is 0.251 e. The molecule has 1 amide bonds. The maximum Gasteiger partial charge on any atom is 0.251 e. The van der Waals surface area contributed by atoms with Crippen molar-refractivity contribution < 1.29 is 14.3 Å². The Morgan fingerprint density at radius 1 is 1.23 bits per heavy atom. The van der Waals surface area contributed by atoms with Gasteiger partial charge in [0, 0.05) is 43.5 Å². The van der Waals surface area contributed by atoms with Crippen LogP contribution in [0.15, 0.2) is 53.5 Å². The van der Waals surface area contributed by atoms with Crippen LogP contribution in [0.3, 0.4) is 0 Å². The zero-order valence-corrected chi connectivity index (χ0v) is 17.8. The molecule has 0 aromatic heterocycles. The number of carbonyl (C=O) groups excluding carboxylic acids is 1. The minimum Gasteiger partial charge on any atom is -0.508 e. The maximum absolute atomic E-state index is 13.6. The summed E-state index contributed by atoms with van der Waals surface area (Å²) in [5.74, 6) is 0.400. The molecule has 4 N–H and O–H groups in total. The lowest BCUT2D eigenvalue weighted by Gasteiger charge is -2.35. The van der Waals surface area contributed by atoms with Crippen LogP contribution < -0.4 is 20.9 Å². The molecule has 2 aromatic carbocycles. The van der Waals surface area contributed by atoms with Crippen LogP contribution in [0.4, 0.5) is 10.1 Å². The van der Waals surface area contributed by atoms with Gasteiger partial charge >= 0.3 is 0 Å². The third-order valence-corrected chi connectivity index (χ3v) is 5.08. The molecule has 1 fully saturated rings. The Morgan fingerprint density at radius 2 is 2.03 bits per heavy atom. The van der Waals surface area contributed by atoms with Gasteiger partial charge in [0.05, 0.1) is 6.54 Å². The SMILES string of the molecule is CCNC(=NCCNC(=O)c1ccc(O)cc1)NC1CCCN(c2cccc(F)c2)C1. The van der Waals surface area contributed by atoms with Crippen LogP contribution >= 0.6 is 0 Å². The number of piperidine rings is 1. The summed E-state index contributed by atoms with van der Waals surface area (Å²) in [4.78, 5) is 18.9. The first-order valence-electron chi connectivity index (χ1n) is 10.7. The summed E-state index contributed by atoms with van der Waals surface area (Å²) in [5, 5.41) is 18.8. The number of rotatable bonds is 7. The van der Waals surface area contributed by atoms with Crippen LogP contribution in [-0.4, -0.2) is 55.7 Å². The number of nitrogens with one attached hydrogen (secondary N) is 3. The number of aliphatic imine (C=N–C) groups is 1. The Hall–Kier alpha value is -3.29. The second-order valence-corrected chi connectivity index (χ2v) is 7.47. The van der Waals surface area contributed by atoms with E-state index in [1.807, 2.05) is 13.0 Å². The molecule has 1 aliphatic heterocycles. The molecule has 0 radical (unpaired) electrons. The van der Waals surface area contributed by atoms with Gasteiger partial charge in [0.25, 0.3) is 5.91 Å². The number of anilines is 1. The van der Waals surface area contributed by atoms with Crippen LogP contribution in [0.5, 0.6) is 5.75 Å². The molecule has 1 aliphatic rings. The van der Waals surface area contributed by atoms with Gasteiger partial charge < -0.3 is 26.0 Å². The van der Waals surface area contributed by atoms with E-state index in [0.29, 0.717) is 24.6 Å². The molecule has 7 nitrogen and oxygen atoms in total. The van der Waals surface area contributed by atoms with Gasteiger partial charge in [0.2, 0.25) is 0 Å². The number of phenols is 1. The molecule has 3 rings (SSSR count). The first-order chi connectivity index (χ1) is 15.0. The fourth-order valence-corrected chi connectivity index (χ4v) is 3.57.